The molecule has 1 unspecified atom stereocenters. The molecule has 7 heteroatoms. The molecule has 116 valence electrons. The van der Waals surface area contributed by atoms with E-state index in [1.165, 1.54) is 0 Å². The Kier molecular flexibility index (Phi) is 2.60. The minimum Gasteiger partial charge on any atom is -0.381 e. The van der Waals surface area contributed by atoms with Crippen molar-refractivity contribution >= 4 is 22.7 Å². The van der Waals surface area contributed by atoms with Crippen molar-refractivity contribution in [3.05, 3.63) is 30.5 Å². The zero-order valence-corrected chi connectivity index (χ0v) is 12.4. The van der Waals surface area contributed by atoms with Gasteiger partial charge in [-0.1, -0.05) is 6.07 Å². The highest BCUT2D eigenvalue weighted by atomic mass is 16.5. The van der Waals surface area contributed by atoms with Crippen molar-refractivity contribution in [2.45, 2.75) is 6.04 Å². The Morgan fingerprint density at radius 3 is 2.83 bits per heavy atom. The van der Waals surface area contributed by atoms with Crippen molar-refractivity contribution in [2.75, 3.05) is 24.3 Å². The summed E-state index contributed by atoms with van der Waals surface area (Å²) < 4.78 is 5.44. The van der Waals surface area contributed by atoms with Gasteiger partial charge in [-0.25, -0.2) is 4.98 Å². The lowest BCUT2D eigenvalue weighted by atomic mass is 10.1. The van der Waals surface area contributed by atoms with Gasteiger partial charge in [0, 0.05) is 35.0 Å². The molecule has 1 saturated carbocycles. The Morgan fingerprint density at radius 2 is 2.04 bits per heavy atom. The number of H-pyrrole nitrogens is 1. The van der Waals surface area contributed by atoms with Gasteiger partial charge in [0.05, 0.1) is 24.4 Å². The molecule has 2 aliphatic rings. The number of anilines is 2. The van der Waals surface area contributed by atoms with E-state index in [1.807, 2.05) is 24.3 Å². The fourth-order valence-corrected chi connectivity index (χ4v) is 3.45. The van der Waals surface area contributed by atoms with Crippen LogP contribution in [0.25, 0.3) is 22.2 Å². The Balaban J connectivity index is 1.54. The normalized spacial score (nSPS) is 25.5. The van der Waals surface area contributed by atoms with Gasteiger partial charge in [0.25, 0.3) is 0 Å². The van der Waals surface area contributed by atoms with Gasteiger partial charge in [0.2, 0.25) is 5.95 Å². The molecule has 23 heavy (non-hydrogen) atoms. The highest BCUT2D eigenvalue weighted by Gasteiger charge is 2.54. The number of fused-ring (bicyclic) bond motifs is 2. The summed E-state index contributed by atoms with van der Waals surface area (Å²) in [6.45, 7) is 1.68. The molecule has 1 aliphatic carbocycles. The summed E-state index contributed by atoms with van der Waals surface area (Å²) in [6.07, 6.45) is 1.73. The summed E-state index contributed by atoms with van der Waals surface area (Å²) in [6, 6.07) is 8.44. The van der Waals surface area contributed by atoms with Crippen LogP contribution in [-0.4, -0.2) is 39.4 Å². The third kappa shape index (κ3) is 2.04. The van der Waals surface area contributed by atoms with E-state index < -0.39 is 0 Å². The van der Waals surface area contributed by atoms with Gasteiger partial charge in [-0.3, -0.25) is 5.10 Å². The molecule has 0 spiro atoms. The Hall–Kier alpha value is -2.67. The molecule has 3 aromatic rings. The van der Waals surface area contributed by atoms with Crippen LogP contribution >= 0.6 is 0 Å². The molecular weight excluding hydrogens is 292 g/mol. The first kappa shape index (κ1) is 12.8. The number of rotatable bonds is 3. The van der Waals surface area contributed by atoms with E-state index in [1.54, 1.807) is 6.20 Å². The lowest BCUT2D eigenvalue weighted by Crippen LogP contribution is -2.14. The summed E-state index contributed by atoms with van der Waals surface area (Å²) in [5.41, 5.74) is 8.70. The maximum absolute atomic E-state index is 5.90. The summed E-state index contributed by atoms with van der Waals surface area (Å²) in [5.74, 6) is 2.29. The summed E-state index contributed by atoms with van der Waals surface area (Å²) >= 11 is 0. The smallest absolute Gasteiger partial charge is 0.222 e. The van der Waals surface area contributed by atoms with Crippen molar-refractivity contribution in [2.24, 2.45) is 11.8 Å². The van der Waals surface area contributed by atoms with Gasteiger partial charge in [-0.2, -0.15) is 10.1 Å². The van der Waals surface area contributed by atoms with Gasteiger partial charge in [0.1, 0.15) is 5.82 Å². The molecule has 2 fully saturated rings. The van der Waals surface area contributed by atoms with Gasteiger partial charge < -0.3 is 15.8 Å². The number of benzene rings is 1. The largest absolute Gasteiger partial charge is 0.381 e. The van der Waals surface area contributed by atoms with Crippen LogP contribution in [0.15, 0.2) is 30.5 Å². The average Bonchev–Trinajstić information content (AvgIpc) is 3.01. The zero-order valence-electron chi connectivity index (χ0n) is 12.4. The minimum atomic E-state index is 0.281. The Labute approximate surface area is 132 Å². The molecule has 0 radical (unpaired) electrons. The fourth-order valence-electron chi connectivity index (χ4n) is 3.45. The number of hydrogen-bond donors (Lipinski definition) is 3. The first-order valence-corrected chi connectivity index (χ1v) is 7.71. The van der Waals surface area contributed by atoms with Crippen molar-refractivity contribution in [1.29, 1.82) is 0 Å². The highest BCUT2D eigenvalue weighted by molar-refractivity contribution is 5.92. The molecule has 0 amide bonds. The zero-order chi connectivity index (χ0) is 15.4. The average molecular weight is 308 g/mol. The van der Waals surface area contributed by atoms with Crippen LogP contribution in [0.4, 0.5) is 11.8 Å². The van der Waals surface area contributed by atoms with Crippen LogP contribution < -0.4 is 11.1 Å². The number of nitrogens with one attached hydrogen (secondary N) is 2. The number of aromatic nitrogens is 4. The number of nitrogens with zero attached hydrogens (tertiary/aromatic N) is 3. The first-order chi connectivity index (χ1) is 11.3. The molecule has 2 aromatic heterocycles. The predicted octanol–water partition coefficient (Wildman–Crippen LogP) is 1.66. The number of nitrogens with two attached hydrogens (primary N) is 1. The second-order valence-electron chi connectivity index (χ2n) is 6.17. The second kappa shape index (κ2) is 4.66. The predicted molar refractivity (Wildman–Crippen MR) is 86.7 cm³/mol. The third-order valence-corrected chi connectivity index (χ3v) is 4.78. The van der Waals surface area contributed by atoms with Crippen LogP contribution in [0.2, 0.25) is 0 Å². The van der Waals surface area contributed by atoms with Crippen LogP contribution in [0.3, 0.4) is 0 Å². The van der Waals surface area contributed by atoms with E-state index >= 15 is 0 Å². The van der Waals surface area contributed by atoms with Crippen LogP contribution in [0, 0.1) is 11.8 Å². The SMILES string of the molecule is Nc1nc(NC2[C@H]3COC[C@@H]23)c2ccc(-c3ccn[nH]3)cc2n1. The highest BCUT2D eigenvalue weighted by Crippen LogP contribution is 2.46. The lowest BCUT2D eigenvalue weighted by Gasteiger charge is -2.12. The van der Waals surface area contributed by atoms with E-state index in [2.05, 4.69) is 25.5 Å². The molecule has 4 N–H and O–H groups in total. The summed E-state index contributed by atoms with van der Waals surface area (Å²) in [4.78, 5) is 8.77. The minimum absolute atomic E-state index is 0.281. The van der Waals surface area contributed by atoms with Gasteiger partial charge in [-0.15, -0.1) is 0 Å². The molecule has 7 nitrogen and oxygen atoms in total. The monoisotopic (exact) mass is 308 g/mol. The summed E-state index contributed by atoms with van der Waals surface area (Å²) in [5, 5.41) is 11.5. The van der Waals surface area contributed by atoms with Gasteiger partial charge in [-0.05, 0) is 18.2 Å². The van der Waals surface area contributed by atoms with Crippen LogP contribution in [0.1, 0.15) is 0 Å². The van der Waals surface area contributed by atoms with Crippen LogP contribution in [0.5, 0.6) is 0 Å². The van der Waals surface area contributed by atoms with Crippen molar-refractivity contribution in [3.8, 4) is 11.3 Å². The van der Waals surface area contributed by atoms with E-state index in [4.69, 9.17) is 10.5 Å². The van der Waals surface area contributed by atoms with Gasteiger partial charge >= 0.3 is 0 Å². The van der Waals surface area contributed by atoms with Gasteiger partial charge in [0.15, 0.2) is 0 Å². The third-order valence-electron chi connectivity index (χ3n) is 4.78. The molecule has 1 aliphatic heterocycles. The Morgan fingerprint density at radius 1 is 1.17 bits per heavy atom. The molecule has 3 heterocycles. The second-order valence-corrected chi connectivity index (χ2v) is 6.17. The maximum Gasteiger partial charge on any atom is 0.222 e. The van der Waals surface area contributed by atoms with E-state index in [0.717, 1.165) is 41.2 Å². The van der Waals surface area contributed by atoms with Crippen LogP contribution in [-0.2, 0) is 4.74 Å². The molecule has 1 saturated heterocycles. The van der Waals surface area contributed by atoms with E-state index in [0.29, 0.717) is 17.9 Å². The number of hydrogen-bond acceptors (Lipinski definition) is 6. The number of aromatic amines is 1. The summed E-state index contributed by atoms with van der Waals surface area (Å²) in [7, 11) is 0. The molecular formula is C16H16N6O. The standard InChI is InChI=1S/C16H16N6O/c17-16-19-13-5-8(12-3-4-18-22-12)1-2-9(13)15(21-16)20-14-10-6-23-7-11(10)14/h1-5,10-11,14H,6-7H2,(H,18,22)(H3,17,19,20,21)/t10-,11+,14?. The number of nitrogen functional groups attached to an aromatic ring is 1. The molecule has 3 atom stereocenters. The molecule has 5 rings (SSSR count). The fraction of sp³-hybridized carbons (Fsp3) is 0.312. The lowest BCUT2D eigenvalue weighted by molar-refractivity contribution is 0.162. The molecule has 0 bridgehead atoms. The van der Waals surface area contributed by atoms with Crippen molar-refractivity contribution < 1.29 is 4.74 Å². The first-order valence-electron chi connectivity index (χ1n) is 7.71. The maximum atomic E-state index is 5.90. The van der Waals surface area contributed by atoms with E-state index in [-0.39, 0.29) is 5.95 Å². The molecule has 1 aromatic carbocycles. The Bertz CT molecular complexity index is 868. The van der Waals surface area contributed by atoms with E-state index in [9.17, 15) is 0 Å². The van der Waals surface area contributed by atoms with Crippen molar-refractivity contribution in [1.82, 2.24) is 20.2 Å². The topological polar surface area (TPSA) is 102 Å². The quantitative estimate of drug-likeness (QED) is 0.680. The van der Waals surface area contributed by atoms with Crippen molar-refractivity contribution in [3.63, 3.8) is 0 Å². The number of ether oxygens (including phenoxy) is 1.